The topological polar surface area (TPSA) is 56.1 Å². The summed E-state index contributed by atoms with van der Waals surface area (Å²) < 4.78 is 8.34. The van der Waals surface area contributed by atoms with Gasteiger partial charge in [0.2, 0.25) is 0 Å². The molecule has 0 saturated carbocycles. The average Bonchev–Trinajstić information content (AvgIpc) is 3.28. The number of aryl methyl sites for hydroxylation is 2. The molecule has 6 heteroatoms. The molecular formula is C32H38ClN3O2. The maximum Gasteiger partial charge on any atom is 0.252 e. The molecule has 4 aromatic rings. The SMILES string of the molecule is CC(C)c1ccc(OCCCCn2c(CCCCCNC(=O)c3ccccc3Cl)nc3ccccc32)cc1. The number of hydrogen-bond acceptors (Lipinski definition) is 3. The van der Waals surface area contributed by atoms with E-state index in [0.717, 1.165) is 62.2 Å². The third-order valence-electron chi connectivity index (χ3n) is 6.81. The second-order valence-corrected chi connectivity index (χ2v) is 10.4. The predicted octanol–water partition coefficient (Wildman–Crippen LogP) is 7.82. The van der Waals surface area contributed by atoms with Crippen molar-refractivity contribution < 1.29 is 9.53 Å². The number of para-hydroxylation sites is 2. The molecule has 1 heterocycles. The first kappa shape index (κ1) is 27.7. The highest BCUT2D eigenvalue weighted by atomic mass is 35.5. The quantitative estimate of drug-likeness (QED) is 0.169. The first-order valence-electron chi connectivity index (χ1n) is 13.7. The minimum atomic E-state index is -0.117. The Hall–Kier alpha value is -3.31. The van der Waals surface area contributed by atoms with Crippen molar-refractivity contribution in [1.82, 2.24) is 14.9 Å². The van der Waals surface area contributed by atoms with E-state index < -0.39 is 0 Å². The van der Waals surface area contributed by atoms with E-state index in [-0.39, 0.29) is 5.91 Å². The predicted molar refractivity (Wildman–Crippen MR) is 156 cm³/mol. The molecule has 1 amide bonds. The molecular weight excluding hydrogens is 494 g/mol. The largest absolute Gasteiger partial charge is 0.494 e. The number of benzene rings is 3. The van der Waals surface area contributed by atoms with Crippen LogP contribution in [0.1, 0.15) is 73.6 Å². The average molecular weight is 532 g/mol. The van der Waals surface area contributed by atoms with Gasteiger partial charge in [-0.1, -0.05) is 68.3 Å². The molecule has 3 aromatic carbocycles. The molecule has 38 heavy (non-hydrogen) atoms. The number of imidazole rings is 1. The van der Waals surface area contributed by atoms with Gasteiger partial charge in [-0.2, -0.15) is 0 Å². The second kappa shape index (κ2) is 14.0. The molecule has 0 saturated heterocycles. The van der Waals surface area contributed by atoms with E-state index in [0.29, 0.717) is 29.7 Å². The van der Waals surface area contributed by atoms with Gasteiger partial charge in [0, 0.05) is 19.5 Å². The molecule has 0 aliphatic rings. The summed E-state index contributed by atoms with van der Waals surface area (Å²) in [5, 5.41) is 3.46. The Morgan fingerprint density at radius 2 is 1.68 bits per heavy atom. The lowest BCUT2D eigenvalue weighted by Gasteiger charge is -2.11. The molecule has 0 unspecified atom stereocenters. The summed E-state index contributed by atoms with van der Waals surface area (Å²) >= 11 is 6.12. The van der Waals surface area contributed by atoms with E-state index in [9.17, 15) is 4.79 Å². The number of ether oxygens (including phenoxy) is 1. The van der Waals surface area contributed by atoms with Crippen LogP contribution in [0, 0.1) is 0 Å². The standard InChI is InChI=1S/C32H38ClN3O2/c1-24(2)25-17-19-26(20-18-25)38-23-11-10-22-36-30-15-8-7-14-29(30)35-31(36)16-4-3-9-21-34-32(37)27-12-5-6-13-28(27)33/h5-8,12-15,17-20,24H,3-4,9-11,16,21-23H2,1-2H3,(H,34,37). The molecule has 4 rings (SSSR count). The minimum Gasteiger partial charge on any atom is -0.494 e. The molecule has 0 radical (unpaired) electrons. The molecule has 0 fully saturated rings. The van der Waals surface area contributed by atoms with E-state index in [1.54, 1.807) is 12.1 Å². The number of hydrogen-bond donors (Lipinski definition) is 1. The molecule has 0 atom stereocenters. The van der Waals surface area contributed by atoms with Gasteiger partial charge in [-0.15, -0.1) is 0 Å². The fourth-order valence-corrected chi connectivity index (χ4v) is 4.83. The van der Waals surface area contributed by atoms with Gasteiger partial charge in [-0.3, -0.25) is 4.79 Å². The zero-order chi connectivity index (χ0) is 26.7. The van der Waals surface area contributed by atoms with Crippen LogP contribution in [-0.2, 0) is 13.0 Å². The highest BCUT2D eigenvalue weighted by molar-refractivity contribution is 6.33. The zero-order valence-electron chi connectivity index (χ0n) is 22.5. The Kier molecular flexibility index (Phi) is 10.2. The number of aromatic nitrogens is 2. The van der Waals surface area contributed by atoms with Crippen molar-refractivity contribution in [1.29, 1.82) is 0 Å². The molecule has 200 valence electrons. The molecule has 5 nitrogen and oxygen atoms in total. The fourth-order valence-electron chi connectivity index (χ4n) is 4.60. The number of carbonyl (C=O) groups excluding carboxylic acids is 1. The van der Waals surface area contributed by atoms with E-state index in [2.05, 4.69) is 66.2 Å². The maximum absolute atomic E-state index is 12.3. The normalized spacial score (nSPS) is 11.3. The Morgan fingerprint density at radius 1 is 0.921 bits per heavy atom. The van der Waals surface area contributed by atoms with Crippen LogP contribution in [0.3, 0.4) is 0 Å². The third kappa shape index (κ3) is 7.61. The van der Waals surface area contributed by atoms with Gasteiger partial charge in [0.1, 0.15) is 11.6 Å². The van der Waals surface area contributed by atoms with Crippen molar-refractivity contribution >= 4 is 28.5 Å². The molecule has 0 aliphatic carbocycles. The number of amides is 1. The lowest BCUT2D eigenvalue weighted by Crippen LogP contribution is -2.24. The van der Waals surface area contributed by atoms with Crippen LogP contribution < -0.4 is 10.1 Å². The fraction of sp³-hybridized carbons (Fsp3) is 0.375. The number of nitrogens with one attached hydrogen (secondary N) is 1. The summed E-state index contributed by atoms with van der Waals surface area (Å²) in [7, 11) is 0. The van der Waals surface area contributed by atoms with E-state index >= 15 is 0 Å². The van der Waals surface area contributed by atoms with Gasteiger partial charge in [0.05, 0.1) is 28.2 Å². The Bertz CT molecular complexity index is 1310. The van der Waals surface area contributed by atoms with Crippen LogP contribution in [0.2, 0.25) is 5.02 Å². The number of nitrogens with zero attached hydrogens (tertiary/aromatic N) is 2. The van der Waals surface area contributed by atoms with Crippen molar-refractivity contribution in [2.45, 2.75) is 64.8 Å². The smallest absolute Gasteiger partial charge is 0.252 e. The summed E-state index contributed by atoms with van der Waals surface area (Å²) in [6.07, 6.45) is 5.92. The summed E-state index contributed by atoms with van der Waals surface area (Å²) in [5.74, 6) is 2.49. The molecule has 1 aromatic heterocycles. The van der Waals surface area contributed by atoms with Crippen molar-refractivity contribution in [2.75, 3.05) is 13.2 Å². The third-order valence-corrected chi connectivity index (χ3v) is 7.14. The second-order valence-electron chi connectivity index (χ2n) is 9.99. The van der Waals surface area contributed by atoms with Crippen molar-refractivity contribution in [3.05, 3.63) is 94.8 Å². The summed E-state index contributed by atoms with van der Waals surface area (Å²) in [5.41, 5.74) is 4.10. The minimum absolute atomic E-state index is 0.117. The number of fused-ring (bicyclic) bond motifs is 1. The number of rotatable bonds is 14. The van der Waals surface area contributed by atoms with Crippen LogP contribution >= 0.6 is 11.6 Å². The van der Waals surface area contributed by atoms with Gasteiger partial charge in [-0.25, -0.2) is 4.98 Å². The molecule has 1 N–H and O–H groups in total. The van der Waals surface area contributed by atoms with E-state index in [1.165, 1.54) is 11.1 Å². The van der Waals surface area contributed by atoms with Crippen molar-refractivity contribution in [3.63, 3.8) is 0 Å². The summed E-state index contributed by atoms with van der Waals surface area (Å²) in [6, 6.07) is 23.9. The van der Waals surface area contributed by atoms with Crippen molar-refractivity contribution in [3.8, 4) is 5.75 Å². The van der Waals surface area contributed by atoms with Gasteiger partial charge in [0.15, 0.2) is 0 Å². The molecule has 0 bridgehead atoms. The van der Waals surface area contributed by atoms with Gasteiger partial charge >= 0.3 is 0 Å². The lowest BCUT2D eigenvalue weighted by atomic mass is 10.0. The van der Waals surface area contributed by atoms with Gasteiger partial charge in [0.25, 0.3) is 5.91 Å². The number of halogens is 1. The van der Waals surface area contributed by atoms with E-state index in [4.69, 9.17) is 21.3 Å². The van der Waals surface area contributed by atoms with Crippen LogP contribution in [-0.4, -0.2) is 28.6 Å². The lowest BCUT2D eigenvalue weighted by molar-refractivity contribution is 0.0953. The number of carbonyl (C=O) groups is 1. The van der Waals surface area contributed by atoms with Crippen LogP contribution in [0.5, 0.6) is 5.75 Å². The van der Waals surface area contributed by atoms with Gasteiger partial charge in [-0.05, 0) is 73.6 Å². The monoisotopic (exact) mass is 531 g/mol. The maximum atomic E-state index is 12.3. The Morgan fingerprint density at radius 3 is 2.47 bits per heavy atom. The highest BCUT2D eigenvalue weighted by Crippen LogP contribution is 2.21. The summed E-state index contributed by atoms with van der Waals surface area (Å²) in [4.78, 5) is 17.2. The Labute approximate surface area is 231 Å². The summed E-state index contributed by atoms with van der Waals surface area (Å²) in [6.45, 7) is 6.68. The van der Waals surface area contributed by atoms with Gasteiger partial charge < -0.3 is 14.6 Å². The Balaban J connectivity index is 1.21. The zero-order valence-corrected chi connectivity index (χ0v) is 23.2. The number of unbranched alkanes of at least 4 members (excludes halogenated alkanes) is 3. The first-order valence-corrected chi connectivity index (χ1v) is 14.1. The first-order chi connectivity index (χ1) is 18.5. The molecule has 0 aliphatic heterocycles. The van der Waals surface area contributed by atoms with Crippen LogP contribution in [0.15, 0.2) is 72.8 Å². The molecule has 0 spiro atoms. The van der Waals surface area contributed by atoms with Crippen molar-refractivity contribution in [2.24, 2.45) is 0 Å². The van der Waals surface area contributed by atoms with Crippen LogP contribution in [0.25, 0.3) is 11.0 Å². The highest BCUT2D eigenvalue weighted by Gasteiger charge is 2.11. The van der Waals surface area contributed by atoms with E-state index in [1.807, 2.05) is 18.2 Å². The van der Waals surface area contributed by atoms with Crippen LogP contribution in [0.4, 0.5) is 0 Å².